The fraction of sp³-hybridized carbons (Fsp3) is 0.812. The fourth-order valence-electron chi connectivity index (χ4n) is 3.40. The van der Waals surface area contributed by atoms with E-state index in [1.54, 1.807) is 0 Å². The number of nitrogens with one attached hydrogen (secondary N) is 1. The predicted molar refractivity (Wildman–Crippen MR) is 81.6 cm³/mol. The zero-order valence-electron chi connectivity index (χ0n) is 12.9. The molecule has 4 nitrogen and oxygen atoms in total. The summed E-state index contributed by atoms with van der Waals surface area (Å²) >= 11 is 0. The topological polar surface area (TPSA) is 33.1 Å². The lowest BCUT2D eigenvalue weighted by Gasteiger charge is -2.46. The maximum Gasteiger partial charge on any atom is 0.0945 e. The van der Waals surface area contributed by atoms with Gasteiger partial charge in [-0.1, -0.05) is 6.92 Å². The van der Waals surface area contributed by atoms with Crippen molar-refractivity contribution < 1.29 is 0 Å². The Morgan fingerprint density at radius 1 is 1.35 bits per heavy atom. The van der Waals surface area contributed by atoms with E-state index in [0.717, 1.165) is 18.5 Å². The van der Waals surface area contributed by atoms with Crippen molar-refractivity contribution in [3.8, 4) is 0 Å². The molecule has 0 radical (unpaired) electrons. The van der Waals surface area contributed by atoms with Gasteiger partial charge in [-0.25, -0.2) is 4.98 Å². The molecule has 2 fully saturated rings. The van der Waals surface area contributed by atoms with E-state index in [-0.39, 0.29) is 0 Å². The Balaban J connectivity index is 1.55. The van der Waals surface area contributed by atoms with Crippen molar-refractivity contribution in [2.45, 2.75) is 57.7 Å². The van der Waals surface area contributed by atoms with Crippen molar-refractivity contribution in [2.75, 3.05) is 19.6 Å². The van der Waals surface area contributed by atoms with Crippen molar-refractivity contribution in [3.05, 3.63) is 18.7 Å². The Morgan fingerprint density at radius 2 is 2.20 bits per heavy atom. The van der Waals surface area contributed by atoms with Crippen LogP contribution in [0.1, 0.15) is 39.5 Å². The molecule has 112 valence electrons. The van der Waals surface area contributed by atoms with Crippen LogP contribution in [0.4, 0.5) is 0 Å². The SMILES string of the molecule is CCC1(C)CN(CCCn2ccnc2)C(C2CC2)CN1. The van der Waals surface area contributed by atoms with E-state index in [2.05, 4.69) is 39.8 Å². The lowest BCUT2D eigenvalue weighted by atomic mass is 9.92. The summed E-state index contributed by atoms with van der Waals surface area (Å²) in [4.78, 5) is 6.88. The van der Waals surface area contributed by atoms with E-state index in [1.807, 2.05) is 12.5 Å². The molecule has 1 aliphatic carbocycles. The van der Waals surface area contributed by atoms with E-state index in [4.69, 9.17) is 0 Å². The van der Waals surface area contributed by atoms with Crippen molar-refractivity contribution in [2.24, 2.45) is 5.92 Å². The standard InChI is InChI=1S/C16H28N4/c1-3-16(2)12-20(15(11-18-16)14-5-6-14)9-4-8-19-10-7-17-13-19/h7,10,13-15,18H,3-6,8-9,11-12H2,1-2H3. The Hall–Kier alpha value is -0.870. The van der Waals surface area contributed by atoms with Crippen LogP contribution in [-0.2, 0) is 6.54 Å². The lowest BCUT2D eigenvalue weighted by molar-refractivity contribution is 0.0707. The summed E-state index contributed by atoms with van der Waals surface area (Å²) in [5, 5.41) is 3.79. The van der Waals surface area contributed by atoms with Crippen LogP contribution in [0.5, 0.6) is 0 Å². The minimum atomic E-state index is 0.306. The second-order valence-electron chi connectivity index (χ2n) is 6.82. The van der Waals surface area contributed by atoms with Gasteiger partial charge in [0.25, 0.3) is 0 Å². The molecule has 1 aliphatic heterocycles. The van der Waals surface area contributed by atoms with Gasteiger partial charge in [-0.2, -0.15) is 0 Å². The minimum absolute atomic E-state index is 0.306. The Labute approximate surface area is 122 Å². The molecule has 2 aliphatic rings. The first-order valence-corrected chi connectivity index (χ1v) is 8.15. The van der Waals surface area contributed by atoms with Gasteiger partial charge >= 0.3 is 0 Å². The highest BCUT2D eigenvalue weighted by Gasteiger charge is 2.41. The average Bonchev–Trinajstić information content (AvgIpc) is 3.16. The highest BCUT2D eigenvalue weighted by atomic mass is 15.3. The summed E-state index contributed by atoms with van der Waals surface area (Å²) in [5.41, 5.74) is 0.306. The summed E-state index contributed by atoms with van der Waals surface area (Å²) in [7, 11) is 0. The molecule has 1 N–H and O–H groups in total. The molecular weight excluding hydrogens is 248 g/mol. The van der Waals surface area contributed by atoms with Gasteiger partial charge in [0.15, 0.2) is 0 Å². The molecule has 2 heterocycles. The van der Waals surface area contributed by atoms with Gasteiger partial charge < -0.3 is 9.88 Å². The Kier molecular flexibility index (Phi) is 4.13. The monoisotopic (exact) mass is 276 g/mol. The van der Waals surface area contributed by atoms with Gasteiger partial charge in [-0.15, -0.1) is 0 Å². The number of aromatic nitrogens is 2. The maximum absolute atomic E-state index is 4.12. The third kappa shape index (κ3) is 3.23. The molecule has 3 rings (SSSR count). The second kappa shape index (κ2) is 5.86. The number of piperazine rings is 1. The maximum atomic E-state index is 4.12. The third-order valence-corrected chi connectivity index (χ3v) is 5.13. The molecule has 1 saturated carbocycles. The summed E-state index contributed by atoms with van der Waals surface area (Å²) in [5.74, 6) is 0.956. The summed E-state index contributed by atoms with van der Waals surface area (Å²) in [6, 6.07) is 0.775. The number of imidazole rings is 1. The molecule has 1 aromatic rings. The number of nitrogens with zero attached hydrogens (tertiary/aromatic N) is 3. The smallest absolute Gasteiger partial charge is 0.0945 e. The number of rotatable bonds is 6. The molecule has 1 saturated heterocycles. The van der Waals surface area contributed by atoms with Crippen LogP contribution in [0.2, 0.25) is 0 Å². The molecule has 2 unspecified atom stereocenters. The minimum Gasteiger partial charge on any atom is -0.337 e. The van der Waals surface area contributed by atoms with E-state index < -0.39 is 0 Å². The van der Waals surface area contributed by atoms with E-state index in [1.165, 1.54) is 45.3 Å². The Morgan fingerprint density at radius 3 is 2.85 bits per heavy atom. The van der Waals surface area contributed by atoms with Crippen molar-refractivity contribution in [3.63, 3.8) is 0 Å². The van der Waals surface area contributed by atoms with E-state index in [0.29, 0.717) is 5.54 Å². The summed E-state index contributed by atoms with van der Waals surface area (Å²) in [6.07, 6.45) is 11.2. The molecule has 20 heavy (non-hydrogen) atoms. The van der Waals surface area contributed by atoms with Crippen LogP contribution in [0.3, 0.4) is 0 Å². The molecule has 0 aromatic carbocycles. The zero-order chi connectivity index (χ0) is 14.0. The fourth-order valence-corrected chi connectivity index (χ4v) is 3.40. The van der Waals surface area contributed by atoms with Gasteiger partial charge in [0.1, 0.15) is 0 Å². The summed E-state index contributed by atoms with van der Waals surface area (Å²) in [6.45, 7) is 9.36. The van der Waals surface area contributed by atoms with Crippen LogP contribution in [0.25, 0.3) is 0 Å². The van der Waals surface area contributed by atoms with Gasteiger partial charge in [0.2, 0.25) is 0 Å². The van der Waals surface area contributed by atoms with Gasteiger partial charge in [-0.3, -0.25) is 4.90 Å². The number of aryl methyl sites for hydroxylation is 1. The molecule has 4 heteroatoms. The third-order valence-electron chi connectivity index (χ3n) is 5.13. The van der Waals surface area contributed by atoms with Crippen LogP contribution >= 0.6 is 0 Å². The van der Waals surface area contributed by atoms with Crippen molar-refractivity contribution >= 4 is 0 Å². The largest absolute Gasteiger partial charge is 0.337 e. The quantitative estimate of drug-likeness (QED) is 0.864. The van der Waals surface area contributed by atoms with E-state index >= 15 is 0 Å². The highest BCUT2D eigenvalue weighted by molar-refractivity contribution is 4.99. The second-order valence-corrected chi connectivity index (χ2v) is 6.82. The number of hydrogen-bond acceptors (Lipinski definition) is 3. The zero-order valence-corrected chi connectivity index (χ0v) is 12.9. The molecule has 0 bridgehead atoms. The van der Waals surface area contributed by atoms with Crippen molar-refractivity contribution in [1.29, 1.82) is 0 Å². The molecule has 1 aromatic heterocycles. The highest BCUT2D eigenvalue weighted by Crippen LogP contribution is 2.37. The first-order valence-electron chi connectivity index (χ1n) is 8.15. The van der Waals surface area contributed by atoms with Crippen LogP contribution in [-0.4, -0.2) is 45.7 Å². The van der Waals surface area contributed by atoms with Gasteiger partial charge in [0, 0.05) is 50.2 Å². The average molecular weight is 276 g/mol. The van der Waals surface area contributed by atoms with Gasteiger partial charge in [0.05, 0.1) is 6.33 Å². The molecule has 0 spiro atoms. The number of hydrogen-bond donors (Lipinski definition) is 1. The van der Waals surface area contributed by atoms with Crippen LogP contribution < -0.4 is 5.32 Å². The molecular formula is C16H28N4. The van der Waals surface area contributed by atoms with Crippen LogP contribution in [0, 0.1) is 5.92 Å². The molecule has 2 atom stereocenters. The predicted octanol–water partition coefficient (Wildman–Crippen LogP) is 2.13. The van der Waals surface area contributed by atoms with Gasteiger partial charge in [-0.05, 0) is 38.5 Å². The lowest BCUT2D eigenvalue weighted by Crippen LogP contribution is -2.63. The van der Waals surface area contributed by atoms with E-state index in [9.17, 15) is 0 Å². The van der Waals surface area contributed by atoms with Crippen molar-refractivity contribution in [1.82, 2.24) is 19.8 Å². The normalized spacial score (nSPS) is 31.6. The Bertz CT molecular complexity index is 412. The molecule has 0 amide bonds. The summed E-state index contributed by atoms with van der Waals surface area (Å²) < 4.78 is 2.19. The first-order chi connectivity index (χ1) is 9.70. The first kappa shape index (κ1) is 14.1. The van der Waals surface area contributed by atoms with Crippen LogP contribution in [0.15, 0.2) is 18.7 Å².